The van der Waals surface area contributed by atoms with Gasteiger partial charge in [-0.25, -0.2) is 9.78 Å². The van der Waals surface area contributed by atoms with Crippen LogP contribution < -0.4 is 19.5 Å². The number of nitrogens with zero attached hydrogens (tertiary/aromatic N) is 2. The highest BCUT2D eigenvalue weighted by molar-refractivity contribution is 5.94. The molecular formula is C25H29N3O5. The molecule has 1 N–H and O–H groups in total. The van der Waals surface area contributed by atoms with Gasteiger partial charge in [0.15, 0.2) is 11.5 Å². The van der Waals surface area contributed by atoms with Crippen LogP contribution in [0.15, 0.2) is 47.7 Å². The van der Waals surface area contributed by atoms with Crippen molar-refractivity contribution >= 4 is 23.0 Å². The molecule has 1 aliphatic heterocycles. The summed E-state index contributed by atoms with van der Waals surface area (Å²) in [6, 6.07) is 10.9. The number of carbonyl (C=O) groups excluding carboxylic acids is 1. The Labute approximate surface area is 193 Å². The van der Waals surface area contributed by atoms with E-state index < -0.39 is 6.04 Å². The van der Waals surface area contributed by atoms with Gasteiger partial charge in [-0.15, -0.1) is 0 Å². The highest BCUT2D eigenvalue weighted by Gasteiger charge is 2.38. The molecule has 3 aromatic rings. The number of hydrogen-bond donors (Lipinski definition) is 1. The molecule has 1 atom stereocenters. The molecule has 174 valence electrons. The number of hydrogen-bond acceptors (Lipinski definition) is 7. The third kappa shape index (κ3) is 3.86. The molecule has 1 aliphatic rings. The summed E-state index contributed by atoms with van der Waals surface area (Å²) in [5.74, 6) is 1.94. The van der Waals surface area contributed by atoms with Crippen LogP contribution in [0.5, 0.6) is 17.2 Å². The van der Waals surface area contributed by atoms with Crippen molar-refractivity contribution in [2.75, 3.05) is 33.3 Å². The van der Waals surface area contributed by atoms with Crippen molar-refractivity contribution in [2.45, 2.75) is 32.7 Å². The SMILES string of the molecule is CCCC1=C(C(=O)OCC)C(c2cc(OC)c(OC)cc2OC)n2c(nc3ccccc32)N1. The first-order valence-electron chi connectivity index (χ1n) is 11.0. The summed E-state index contributed by atoms with van der Waals surface area (Å²) in [6.45, 7) is 4.15. The van der Waals surface area contributed by atoms with Gasteiger partial charge >= 0.3 is 5.97 Å². The average molecular weight is 452 g/mol. The monoisotopic (exact) mass is 451 g/mol. The maximum atomic E-state index is 13.4. The van der Waals surface area contributed by atoms with Gasteiger partial charge in [0.25, 0.3) is 0 Å². The van der Waals surface area contributed by atoms with E-state index in [0.717, 1.165) is 28.7 Å². The largest absolute Gasteiger partial charge is 0.496 e. The lowest BCUT2D eigenvalue weighted by atomic mass is 9.92. The van der Waals surface area contributed by atoms with Gasteiger partial charge in [0.05, 0.1) is 50.6 Å². The normalized spacial score (nSPS) is 15.1. The Balaban J connectivity index is 2.07. The Kier molecular flexibility index (Phi) is 6.44. The first-order valence-corrected chi connectivity index (χ1v) is 11.0. The number of benzene rings is 2. The van der Waals surface area contributed by atoms with Crippen LogP contribution in [0.3, 0.4) is 0 Å². The molecule has 1 aromatic heterocycles. The predicted octanol–water partition coefficient (Wildman–Crippen LogP) is 4.69. The summed E-state index contributed by atoms with van der Waals surface area (Å²) in [4.78, 5) is 18.2. The molecule has 4 rings (SSSR count). The second-order valence-corrected chi connectivity index (χ2v) is 7.63. The number of para-hydroxylation sites is 2. The van der Waals surface area contributed by atoms with Crippen molar-refractivity contribution in [2.24, 2.45) is 0 Å². The van der Waals surface area contributed by atoms with Crippen molar-refractivity contribution in [3.63, 3.8) is 0 Å². The van der Waals surface area contributed by atoms with Crippen molar-refractivity contribution < 1.29 is 23.7 Å². The number of anilines is 1. The van der Waals surface area contributed by atoms with Crippen LogP contribution in [0.25, 0.3) is 11.0 Å². The Morgan fingerprint density at radius 3 is 2.39 bits per heavy atom. The highest BCUT2D eigenvalue weighted by Crippen LogP contribution is 2.46. The number of nitrogens with one attached hydrogen (secondary N) is 1. The second kappa shape index (κ2) is 9.44. The molecule has 33 heavy (non-hydrogen) atoms. The molecule has 1 unspecified atom stereocenters. The molecule has 0 saturated heterocycles. The summed E-state index contributed by atoms with van der Waals surface area (Å²) in [6.07, 6.45) is 1.52. The molecule has 0 amide bonds. The van der Waals surface area contributed by atoms with E-state index in [1.54, 1.807) is 34.3 Å². The minimum Gasteiger partial charge on any atom is -0.496 e. The van der Waals surface area contributed by atoms with Crippen molar-refractivity contribution in [1.29, 1.82) is 0 Å². The maximum Gasteiger partial charge on any atom is 0.338 e. The Bertz CT molecular complexity index is 1210. The Morgan fingerprint density at radius 1 is 1.03 bits per heavy atom. The minimum absolute atomic E-state index is 0.273. The van der Waals surface area contributed by atoms with Crippen LogP contribution in [0, 0.1) is 0 Å². The molecule has 0 radical (unpaired) electrons. The van der Waals surface area contributed by atoms with Crippen LogP contribution in [-0.2, 0) is 9.53 Å². The molecule has 0 saturated carbocycles. The van der Waals surface area contributed by atoms with Crippen molar-refractivity contribution in [3.8, 4) is 17.2 Å². The fraction of sp³-hybridized carbons (Fsp3) is 0.360. The Morgan fingerprint density at radius 2 is 1.73 bits per heavy atom. The zero-order valence-corrected chi connectivity index (χ0v) is 19.6. The quantitative estimate of drug-likeness (QED) is 0.497. The maximum absolute atomic E-state index is 13.4. The third-order valence-electron chi connectivity index (χ3n) is 5.74. The predicted molar refractivity (Wildman–Crippen MR) is 126 cm³/mol. The van der Waals surface area contributed by atoms with Crippen molar-refractivity contribution in [1.82, 2.24) is 9.55 Å². The van der Waals surface area contributed by atoms with E-state index in [9.17, 15) is 4.79 Å². The summed E-state index contributed by atoms with van der Waals surface area (Å²) in [5.41, 5.74) is 3.78. The van der Waals surface area contributed by atoms with E-state index >= 15 is 0 Å². The Hall–Kier alpha value is -3.68. The van der Waals surface area contributed by atoms with Gasteiger partial charge < -0.3 is 24.3 Å². The summed E-state index contributed by atoms with van der Waals surface area (Å²) < 4.78 is 24.4. The van der Waals surface area contributed by atoms with Gasteiger partial charge in [-0.1, -0.05) is 25.5 Å². The number of carbonyl (C=O) groups is 1. The molecule has 0 bridgehead atoms. The average Bonchev–Trinajstić information content (AvgIpc) is 3.20. The van der Waals surface area contributed by atoms with Gasteiger partial charge in [-0.05, 0) is 31.5 Å². The smallest absolute Gasteiger partial charge is 0.338 e. The molecule has 8 nitrogen and oxygen atoms in total. The van der Waals surface area contributed by atoms with E-state index in [1.165, 1.54) is 0 Å². The number of allylic oxidation sites excluding steroid dienone is 1. The number of methoxy groups -OCH3 is 3. The number of aromatic nitrogens is 2. The van der Waals surface area contributed by atoms with Crippen molar-refractivity contribution in [3.05, 3.63) is 53.2 Å². The van der Waals surface area contributed by atoms with Gasteiger partial charge in [-0.3, -0.25) is 4.57 Å². The standard InChI is InChI=1S/C25H29N3O5/c1-6-10-17-22(24(29)33-7-2)23(15-13-20(31-4)21(32-5)14-19(15)30-3)28-18-12-9-8-11-16(18)26-25(28)27-17/h8-9,11-14,23H,6-7,10H2,1-5H3,(H,26,27). The van der Waals surface area contributed by atoms with E-state index in [2.05, 4.69) is 12.2 Å². The number of esters is 1. The summed E-state index contributed by atoms with van der Waals surface area (Å²) >= 11 is 0. The van der Waals surface area contributed by atoms with E-state index in [-0.39, 0.29) is 12.6 Å². The lowest BCUT2D eigenvalue weighted by molar-refractivity contribution is -0.139. The fourth-order valence-corrected chi connectivity index (χ4v) is 4.34. The van der Waals surface area contributed by atoms with Gasteiger partial charge in [0.1, 0.15) is 5.75 Å². The lowest BCUT2D eigenvalue weighted by Crippen LogP contribution is -2.30. The van der Waals surface area contributed by atoms with E-state index in [0.29, 0.717) is 35.2 Å². The van der Waals surface area contributed by atoms with Crippen LogP contribution >= 0.6 is 0 Å². The van der Waals surface area contributed by atoms with E-state index in [4.69, 9.17) is 23.9 Å². The fourth-order valence-electron chi connectivity index (χ4n) is 4.34. The molecular weight excluding hydrogens is 422 g/mol. The highest BCUT2D eigenvalue weighted by atomic mass is 16.5. The number of ether oxygens (including phenoxy) is 4. The van der Waals surface area contributed by atoms with Crippen LogP contribution in [0.1, 0.15) is 38.3 Å². The first kappa shape index (κ1) is 22.5. The minimum atomic E-state index is -0.538. The number of rotatable bonds is 8. The summed E-state index contributed by atoms with van der Waals surface area (Å²) in [7, 11) is 4.75. The van der Waals surface area contributed by atoms with Crippen LogP contribution in [0.2, 0.25) is 0 Å². The zero-order valence-electron chi connectivity index (χ0n) is 19.6. The molecule has 8 heteroatoms. The van der Waals surface area contributed by atoms with Gasteiger partial charge in [-0.2, -0.15) is 0 Å². The van der Waals surface area contributed by atoms with Crippen LogP contribution in [-0.4, -0.2) is 43.5 Å². The molecule has 2 heterocycles. The molecule has 0 fully saturated rings. The second-order valence-electron chi connectivity index (χ2n) is 7.63. The summed E-state index contributed by atoms with van der Waals surface area (Å²) in [5, 5.41) is 3.40. The third-order valence-corrected chi connectivity index (χ3v) is 5.74. The number of imidazole rings is 1. The first-order chi connectivity index (χ1) is 16.1. The van der Waals surface area contributed by atoms with Gasteiger partial charge in [0.2, 0.25) is 5.95 Å². The lowest BCUT2D eigenvalue weighted by Gasteiger charge is -2.32. The van der Waals surface area contributed by atoms with Gasteiger partial charge in [0, 0.05) is 17.3 Å². The molecule has 2 aromatic carbocycles. The van der Waals surface area contributed by atoms with Crippen LogP contribution in [0.4, 0.5) is 5.95 Å². The topological polar surface area (TPSA) is 83.8 Å². The zero-order chi connectivity index (χ0) is 23.5. The number of fused-ring (bicyclic) bond motifs is 3. The molecule has 0 spiro atoms. The van der Waals surface area contributed by atoms with E-state index in [1.807, 2.05) is 34.9 Å². The molecule has 0 aliphatic carbocycles.